The number of ether oxygens (including phenoxy) is 1. The average Bonchev–Trinajstić information content (AvgIpc) is 2.61. The number of thiocarbonyl (C=S) groups is 1. The van der Waals surface area contributed by atoms with Crippen LogP contribution in [-0.2, 0) is 4.74 Å². The van der Waals surface area contributed by atoms with Gasteiger partial charge in [0.15, 0.2) is 5.11 Å². The molecule has 0 saturated carbocycles. The highest BCUT2D eigenvalue weighted by Gasteiger charge is 2.10. The van der Waals surface area contributed by atoms with Crippen LogP contribution in [0.3, 0.4) is 0 Å². The largest absolute Gasteiger partial charge is 0.465 e. The number of benzene rings is 1. The van der Waals surface area contributed by atoms with Gasteiger partial charge >= 0.3 is 5.97 Å². The Balaban J connectivity index is 1.76. The fraction of sp³-hybridized carbons (Fsp3) is 0.556. The molecule has 1 heterocycles. The second kappa shape index (κ2) is 9.59. The lowest BCUT2D eigenvalue weighted by Crippen LogP contribution is -2.34. The van der Waals surface area contributed by atoms with Crippen molar-refractivity contribution >= 4 is 29.0 Å². The number of hydrogen-bond donors (Lipinski definition) is 2. The second-order valence-corrected chi connectivity index (χ2v) is 6.57. The third-order valence-corrected chi connectivity index (χ3v) is 4.54. The summed E-state index contributed by atoms with van der Waals surface area (Å²) in [6, 6.07) is 5.40. The molecule has 5 nitrogen and oxygen atoms in total. The normalized spacial score (nSPS) is 14.9. The molecule has 0 aromatic heterocycles. The van der Waals surface area contributed by atoms with E-state index in [1.54, 1.807) is 12.1 Å². The van der Waals surface area contributed by atoms with Crippen molar-refractivity contribution in [3.8, 4) is 0 Å². The van der Waals surface area contributed by atoms with Crippen LogP contribution < -0.4 is 10.6 Å². The zero-order chi connectivity index (χ0) is 17.4. The Hall–Kier alpha value is -1.66. The molecule has 2 N–H and O–H groups in total. The van der Waals surface area contributed by atoms with Gasteiger partial charge in [-0.15, -0.1) is 0 Å². The fourth-order valence-corrected chi connectivity index (χ4v) is 3.07. The van der Waals surface area contributed by atoms with Crippen LogP contribution in [0.15, 0.2) is 18.2 Å². The van der Waals surface area contributed by atoms with E-state index in [1.807, 2.05) is 13.0 Å². The van der Waals surface area contributed by atoms with E-state index in [2.05, 4.69) is 15.5 Å². The van der Waals surface area contributed by atoms with Crippen LogP contribution in [0.1, 0.15) is 41.6 Å². The molecule has 1 fully saturated rings. The molecule has 1 saturated heterocycles. The number of piperidine rings is 1. The van der Waals surface area contributed by atoms with E-state index in [0.717, 1.165) is 30.8 Å². The SMILES string of the molecule is COC(=O)c1ccc(C)c(NC(=S)NCCCN2CCCCC2)c1. The Kier molecular flexibility index (Phi) is 7.46. The molecular weight excluding hydrogens is 322 g/mol. The number of rotatable bonds is 6. The average molecular weight is 350 g/mol. The highest BCUT2D eigenvalue weighted by Crippen LogP contribution is 2.17. The number of carbonyl (C=O) groups is 1. The molecule has 1 aliphatic heterocycles. The summed E-state index contributed by atoms with van der Waals surface area (Å²) in [5.41, 5.74) is 2.37. The Bertz CT molecular complexity index is 571. The van der Waals surface area contributed by atoms with Crippen molar-refractivity contribution in [3.63, 3.8) is 0 Å². The minimum atomic E-state index is -0.349. The first kappa shape index (κ1) is 18.7. The molecule has 0 atom stereocenters. The van der Waals surface area contributed by atoms with Crippen molar-refractivity contribution in [1.29, 1.82) is 0 Å². The van der Waals surface area contributed by atoms with E-state index in [4.69, 9.17) is 17.0 Å². The number of anilines is 1. The number of carbonyl (C=O) groups excluding carboxylic acids is 1. The minimum absolute atomic E-state index is 0.349. The van der Waals surface area contributed by atoms with Crippen LogP contribution in [0.5, 0.6) is 0 Å². The molecule has 132 valence electrons. The summed E-state index contributed by atoms with van der Waals surface area (Å²) >= 11 is 5.35. The van der Waals surface area contributed by atoms with Crippen LogP contribution in [0.2, 0.25) is 0 Å². The number of esters is 1. The Labute approximate surface area is 149 Å². The maximum atomic E-state index is 11.6. The van der Waals surface area contributed by atoms with E-state index in [1.165, 1.54) is 39.5 Å². The molecule has 1 aromatic carbocycles. The summed E-state index contributed by atoms with van der Waals surface area (Å²) in [6.07, 6.45) is 5.09. The van der Waals surface area contributed by atoms with Crippen LogP contribution in [0.25, 0.3) is 0 Å². The Morgan fingerprint density at radius 1 is 1.29 bits per heavy atom. The van der Waals surface area contributed by atoms with E-state index >= 15 is 0 Å². The number of likely N-dealkylation sites (tertiary alicyclic amines) is 1. The molecule has 0 radical (unpaired) electrons. The standard InChI is InChI=1S/C18H27N3O2S/c1-14-7-8-15(17(22)23-2)13-16(14)20-18(24)19-9-6-12-21-10-4-3-5-11-21/h7-8,13H,3-6,9-12H2,1-2H3,(H2,19,20,24). The van der Waals surface area contributed by atoms with Gasteiger partial charge in [-0.25, -0.2) is 4.79 Å². The number of methoxy groups -OCH3 is 1. The van der Waals surface area contributed by atoms with Gasteiger partial charge in [-0.05, 0) is 75.7 Å². The maximum absolute atomic E-state index is 11.6. The molecule has 24 heavy (non-hydrogen) atoms. The van der Waals surface area contributed by atoms with Crippen LogP contribution in [-0.4, -0.2) is 49.3 Å². The molecule has 6 heteroatoms. The topological polar surface area (TPSA) is 53.6 Å². The quantitative estimate of drug-likeness (QED) is 0.468. The predicted molar refractivity (Wildman–Crippen MR) is 102 cm³/mol. The number of aryl methyl sites for hydroxylation is 1. The van der Waals surface area contributed by atoms with E-state index in [0.29, 0.717) is 10.7 Å². The van der Waals surface area contributed by atoms with E-state index in [9.17, 15) is 4.79 Å². The van der Waals surface area contributed by atoms with Crippen molar-refractivity contribution in [3.05, 3.63) is 29.3 Å². The lowest BCUT2D eigenvalue weighted by molar-refractivity contribution is 0.0601. The van der Waals surface area contributed by atoms with Crippen molar-refractivity contribution in [2.75, 3.05) is 38.6 Å². The summed E-state index contributed by atoms with van der Waals surface area (Å²) in [7, 11) is 1.38. The van der Waals surface area contributed by atoms with E-state index in [-0.39, 0.29) is 5.97 Å². The van der Waals surface area contributed by atoms with Gasteiger partial charge in [0, 0.05) is 12.2 Å². The van der Waals surface area contributed by atoms with Crippen LogP contribution >= 0.6 is 12.2 Å². The van der Waals surface area contributed by atoms with Gasteiger partial charge in [-0.3, -0.25) is 0 Å². The summed E-state index contributed by atoms with van der Waals surface area (Å²) in [5.74, 6) is -0.349. The third kappa shape index (κ3) is 5.76. The van der Waals surface area contributed by atoms with Gasteiger partial charge in [0.25, 0.3) is 0 Å². The highest BCUT2D eigenvalue weighted by molar-refractivity contribution is 7.80. The van der Waals surface area contributed by atoms with Gasteiger partial charge in [-0.1, -0.05) is 12.5 Å². The van der Waals surface area contributed by atoms with E-state index < -0.39 is 0 Å². The van der Waals surface area contributed by atoms with Gasteiger partial charge in [0.1, 0.15) is 0 Å². The van der Waals surface area contributed by atoms with Gasteiger partial charge in [0.05, 0.1) is 12.7 Å². The lowest BCUT2D eigenvalue weighted by atomic mass is 10.1. The number of nitrogens with one attached hydrogen (secondary N) is 2. The molecule has 0 aliphatic carbocycles. The van der Waals surface area contributed by atoms with Crippen molar-refractivity contribution < 1.29 is 9.53 Å². The summed E-state index contributed by atoms with van der Waals surface area (Å²) in [4.78, 5) is 14.1. The number of hydrogen-bond acceptors (Lipinski definition) is 4. The first-order valence-corrected chi connectivity index (χ1v) is 8.97. The van der Waals surface area contributed by atoms with Gasteiger partial charge in [-0.2, -0.15) is 0 Å². The summed E-state index contributed by atoms with van der Waals surface area (Å²) < 4.78 is 4.75. The number of nitrogens with zero attached hydrogens (tertiary/aromatic N) is 1. The maximum Gasteiger partial charge on any atom is 0.337 e. The van der Waals surface area contributed by atoms with Gasteiger partial charge in [0.2, 0.25) is 0 Å². The first-order chi connectivity index (χ1) is 11.6. The highest BCUT2D eigenvalue weighted by atomic mass is 32.1. The second-order valence-electron chi connectivity index (χ2n) is 6.16. The monoisotopic (exact) mass is 349 g/mol. The van der Waals surface area contributed by atoms with Crippen molar-refractivity contribution in [2.45, 2.75) is 32.6 Å². The molecular formula is C18H27N3O2S. The Morgan fingerprint density at radius 2 is 2.04 bits per heavy atom. The minimum Gasteiger partial charge on any atom is -0.465 e. The third-order valence-electron chi connectivity index (χ3n) is 4.29. The molecule has 0 unspecified atom stereocenters. The first-order valence-electron chi connectivity index (χ1n) is 8.56. The zero-order valence-electron chi connectivity index (χ0n) is 14.6. The summed E-state index contributed by atoms with van der Waals surface area (Å²) in [5, 5.41) is 6.99. The van der Waals surface area contributed by atoms with Crippen LogP contribution in [0, 0.1) is 6.92 Å². The molecule has 1 aromatic rings. The molecule has 0 amide bonds. The smallest absolute Gasteiger partial charge is 0.337 e. The summed E-state index contributed by atoms with van der Waals surface area (Å²) in [6.45, 7) is 6.39. The molecule has 2 rings (SSSR count). The van der Waals surface area contributed by atoms with Crippen LogP contribution in [0.4, 0.5) is 5.69 Å². The van der Waals surface area contributed by atoms with Gasteiger partial charge < -0.3 is 20.3 Å². The Morgan fingerprint density at radius 3 is 2.75 bits per heavy atom. The molecule has 0 spiro atoms. The fourth-order valence-electron chi connectivity index (χ4n) is 2.86. The molecule has 1 aliphatic rings. The molecule has 0 bridgehead atoms. The van der Waals surface area contributed by atoms with Crippen molar-refractivity contribution in [2.24, 2.45) is 0 Å². The van der Waals surface area contributed by atoms with Crippen molar-refractivity contribution in [1.82, 2.24) is 10.2 Å². The zero-order valence-corrected chi connectivity index (χ0v) is 15.4. The predicted octanol–water partition coefficient (Wildman–Crippen LogP) is 2.94. The lowest BCUT2D eigenvalue weighted by Gasteiger charge is -2.26.